The monoisotopic (exact) mass is 1680 g/mol. The zero-order valence-corrected chi connectivity index (χ0v) is 70.4. The Morgan fingerprint density at radius 1 is 0.323 bits per heavy atom. The predicted octanol–water partition coefficient (Wildman–Crippen LogP) is 10.4. The van der Waals surface area contributed by atoms with Gasteiger partial charge in [-0.05, 0) is 98.8 Å². The van der Waals surface area contributed by atoms with E-state index in [1.807, 2.05) is 110 Å². The van der Waals surface area contributed by atoms with Crippen molar-refractivity contribution in [2.75, 3.05) is 33.0 Å². The van der Waals surface area contributed by atoms with Crippen LogP contribution in [0.5, 0.6) is 0 Å². The Bertz CT molecular complexity index is 6030. The average molecular weight is 1690 g/mol. The van der Waals surface area contributed by atoms with Crippen molar-refractivity contribution >= 4 is 22.1 Å². The second-order valence-electron chi connectivity index (χ2n) is 34.4. The molecule has 4 aliphatic carbocycles. The van der Waals surface area contributed by atoms with Gasteiger partial charge in [0.1, 0.15) is 0 Å². The summed E-state index contributed by atoms with van der Waals surface area (Å²) in [7, 11) is 0. The summed E-state index contributed by atoms with van der Waals surface area (Å²) in [5.41, 5.74) is 17.2. The van der Waals surface area contributed by atoms with Gasteiger partial charge in [0.15, 0.2) is 0 Å². The minimum atomic E-state index is -0.851. The first-order chi connectivity index (χ1) is 60.4. The van der Waals surface area contributed by atoms with Gasteiger partial charge in [-0.25, -0.2) is 38.0 Å². The lowest BCUT2D eigenvalue weighted by atomic mass is 9.86. The van der Waals surface area contributed by atoms with Crippen LogP contribution >= 0.6 is 0 Å². The molecule has 36 heteroatoms. The Hall–Kier alpha value is -12.2. The van der Waals surface area contributed by atoms with Crippen molar-refractivity contribution in [2.45, 2.75) is 199 Å². The van der Waals surface area contributed by atoms with Gasteiger partial charge in [0.25, 0.3) is 0 Å². The highest BCUT2D eigenvalue weighted by atomic mass is 16.3. The highest BCUT2D eigenvalue weighted by Crippen LogP contribution is 2.47. The van der Waals surface area contributed by atoms with Crippen molar-refractivity contribution in [1.82, 2.24) is 137 Å². The van der Waals surface area contributed by atoms with Crippen molar-refractivity contribution in [3.63, 3.8) is 0 Å². The largest absolute Gasteiger partial charge is 0.394 e. The van der Waals surface area contributed by atoms with E-state index in [2.05, 4.69) is 139 Å². The van der Waals surface area contributed by atoms with E-state index < -0.39 is 24.4 Å². The lowest BCUT2D eigenvalue weighted by Gasteiger charge is -2.28. The highest BCUT2D eigenvalue weighted by molar-refractivity contribution is 5.81. The molecule has 0 bridgehead atoms. The van der Waals surface area contributed by atoms with Crippen LogP contribution in [0.1, 0.15) is 161 Å². The van der Waals surface area contributed by atoms with Crippen molar-refractivity contribution in [1.29, 1.82) is 0 Å². The molecule has 4 aliphatic rings. The van der Waals surface area contributed by atoms with Gasteiger partial charge in [-0.15, -0.1) is 0 Å². The van der Waals surface area contributed by atoms with E-state index in [9.17, 15) is 25.5 Å². The summed E-state index contributed by atoms with van der Waals surface area (Å²) in [6.07, 6.45) is 60.4. The zero-order chi connectivity index (χ0) is 85.7. The van der Waals surface area contributed by atoms with Crippen LogP contribution in [-0.4, -0.2) is 229 Å². The van der Waals surface area contributed by atoms with Crippen LogP contribution in [0.2, 0.25) is 0 Å². The van der Waals surface area contributed by atoms with E-state index >= 15 is 0 Å². The Morgan fingerprint density at radius 2 is 0.621 bits per heavy atom. The Labute approximate surface area is 714 Å². The fraction of sp³-hybridized carbons (Fsp3) is 0.455. The molecule has 8 N–H and O–H groups in total. The number of aliphatic hydroxyl groups excluding tert-OH is 8. The summed E-state index contributed by atoms with van der Waals surface area (Å²) in [5, 5.41) is 129. The van der Waals surface area contributed by atoms with E-state index in [0.717, 1.165) is 132 Å². The standard InChI is InChI=1S/4C22H27N7O2/c1-22(2)6-3-4-20(22)29-11-16(9-25-29)21-19-5-7-23-28(19)13-18(26-21)15-8-24-27(10-15)12-17(31)14-30;1-15-4-2-3-5-20(15)28-11-17(9-25-28)22-21-6-7-23-29(21)12-19(26-22)16-8-24-27(10-16)18(13-30)14-31;2*1-15-4-2-3-5-20(15)28-11-17(9-25-28)22-21-6-7-23-29(21)13-19(26-22)16-8-24-27(10-16)12-18(31)14-30/h5,7-11,13,17,20,30-31H,3-4,6,12,14H2,1-2H3;6-12,15,18,20,30-31H,2-5,13-14H2,1H3;2*6-11,13,15,18,20,30-31H,2-5,12,14H2,1H3/t17-,20-;15-,20-;15-,18+,20-;15-,18-,20-/m1111/s1. The summed E-state index contributed by atoms with van der Waals surface area (Å²) in [5.74, 6) is 1.86. The third kappa shape index (κ3) is 18.1. The highest BCUT2D eigenvalue weighted by Gasteiger charge is 2.37. The third-order valence-electron chi connectivity index (χ3n) is 25.1. The molecule has 0 unspecified atom stereocenters. The van der Waals surface area contributed by atoms with Gasteiger partial charge in [0.2, 0.25) is 0 Å². The smallest absolute Gasteiger partial charge is 0.0999 e. The quantitative estimate of drug-likeness (QED) is 0.0279. The lowest BCUT2D eigenvalue weighted by molar-refractivity contribution is 0.0782. The molecular weight excluding hydrogens is 1580 g/mol. The van der Waals surface area contributed by atoms with Crippen LogP contribution in [0.15, 0.2) is 173 Å². The molecule has 0 saturated heterocycles. The summed E-state index contributed by atoms with van der Waals surface area (Å²) >= 11 is 0. The Morgan fingerprint density at radius 3 is 0.927 bits per heavy atom. The topological polar surface area (TPSA) is 425 Å². The minimum Gasteiger partial charge on any atom is -0.394 e. The minimum absolute atomic E-state index is 0.187. The molecule has 20 rings (SSSR count). The molecule has 16 aromatic rings. The maximum Gasteiger partial charge on any atom is 0.0999 e. The summed E-state index contributed by atoms with van der Waals surface area (Å²) in [6, 6.07) is 9.01. The average Bonchev–Trinajstić information content (AvgIpc) is 1.62. The predicted molar refractivity (Wildman–Crippen MR) is 461 cm³/mol. The first-order valence-corrected chi connectivity index (χ1v) is 43.1. The molecular formula is C88H108N28O8. The third-order valence-corrected chi connectivity index (χ3v) is 25.1. The first kappa shape index (κ1) is 84.1. The molecule has 124 heavy (non-hydrogen) atoms. The van der Waals surface area contributed by atoms with Gasteiger partial charge in [-0.1, -0.05) is 79.6 Å². The first-order valence-electron chi connectivity index (χ1n) is 43.1. The maximum atomic E-state index is 9.68. The molecule has 0 aromatic carbocycles. The molecule has 16 aromatic heterocycles. The maximum absolute atomic E-state index is 9.68. The van der Waals surface area contributed by atoms with Crippen LogP contribution in [0.25, 0.3) is 112 Å². The summed E-state index contributed by atoms with van der Waals surface area (Å²) in [4.78, 5) is 19.7. The Kier molecular flexibility index (Phi) is 25.2. The number of nitrogens with zero attached hydrogens (tertiary/aromatic N) is 28. The van der Waals surface area contributed by atoms with Crippen LogP contribution in [0.3, 0.4) is 0 Å². The van der Waals surface area contributed by atoms with Gasteiger partial charge >= 0.3 is 0 Å². The van der Waals surface area contributed by atoms with E-state index in [0.29, 0.717) is 47.6 Å². The fourth-order valence-electron chi connectivity index (χ4n) is 18.0. The van der Waals surface area contributed by atoms with Crippen molar-refractivity contribution in [3.05, 3.63) is 173 Å². The fourth-order valence-corrected chi connectivity index (χ4v) is 18.0. The number of rotatable bonds is 24. The van der Waals surface area contributed by atoms with E-state index in [1.54, 1.807) is 74.5 Å². The normalized spacial score (nSPS) is 19.9. The lowest BCUT2D eigenvalue weighted by Crippen LogP contribution is -2.21. The summed E-state index contributed by atoms with van der Waals surface area (Å²) in [6.45, 7) is 10.9. The molecule has 0 radical (unpaired) electrons. The van der Waals surface area contributed by atoms with E-state index in [-0.39, 0.29) is 58.1 Å². The van der Waals surface area contributed by atoms with Crippen molar-refractivity contribution < 1.29 is 40.9 Å². The molecule has 10 atom stereocenters. The van der Waals surface area contributed by atoms with Gasteiger partial charge in [0, 0.05) is 94.1 Å². The second-order valence-corrected chi connectivity index (χ2v) is 34.4. The van der Waals surface area contributed by atoms with Gasteiger partial charge < -0.3 is 40.9 Å². The molecule has 0 amide bonds. The van der Waals surface area contributed by atoms with Crippen LogP contribution in [0.4, 0.5) is 0 Å². The van der Waals surface area contributed by atoms with E-state index in [1.165, 1.54) is 70.6 Å². The van der Waals surface area contributed by atoms with E-state index in [4.69, 9.17) is 35.3 Å². The number of hydrogen-bond acceptors (Lipinski definition) is 24. The number of aliphatic hydroxyl groups is 8. The molecule has 0 aliphatic heterocycles. The molecule has 4 saturated carbocycles. The van der Waals surface area contributed by atoms with Gasteiger partial charge in [-0.2, -0.15) is 61.2 Å². The Balaban J connectivity index is 0.000000117. The molecule has 648 valence electrons. The molecule has 36 nitrogen and oxygen atoms in total. The number of aromatic nitrogens is 28. The van der Waals surface area contributed by atoms with Crippen LogP contribution in [0, 0.1) is 23.2 Å². The molecule has 16 heterocycles. The molecule has 4 fully saturated rings. The van der Waals surface area contributed by atoms with Crippen LogP contribution in [-0.2, 0) is 19.6 Å². The van der Waals surface area contributed by atoms with Crippen molar-refractivity contribution in [3.8, 4) is 90.1 Å². The number of fused-ring (bicyclic) bond motifs is 4. The van der Waals surface area contributed by atoms with Crippen molar-refractivity contribution in [2.24, 2.45) is 23.2 Å². The van der Waals surface area contributed by atoms with Gasteiger partial charge in [0.05, 0.1) is 268 Å². The summed E-state index contributed by atoms with van der Waals surface area (Å²) < 4.78 is 22.0. The number of hydrogen-bond donors (Lipinski definition) is 8. The second kappa shape index (κ2) is 37.1. The van der Waals surface area contributed by atoms with Gasteiger partial charge in [-0.3, -0.25) is 37.5 Å². The SMILES string of the molecule is CC1(C)CCC[C@H]1n1cc(-c2nc(-c3cnn(C[C@@H](O)CO)c3)cn3nccc23)cn1.C[C@@H]1CCCC[C@H]1n1cc(-c2nc(-c3cnn(C(CO)CO)c3)cn3nccc23)cn1.C[C@@H]1CCCC[C@H]1n1cc(-c2nc(-c3cnn(C[C@@H](O)CO)c3)cn3nccc23)cn1.C[C@@H]1CCCC[C@H]1n1cc(-c2nc(-c3cnn(C[C@H](O)CO)c3)cn3nccc23)cn1. The molecule has 0 spiro atoms. The zero-order valence-electron chi connectivity index (χ0n) is 70.4. The van der Waals surface area contributed by atoms with Crippen LogP contribution < -0.4 is 0 Å².